The van der Waals surface area contributed by atoms with Gasteiger partial charge >= 0.3 is 5.97 Å². The predicted molar refractivity (Wildman–Crippen MR) is 59.9 cm³/mol. The van der Waals surface area contributed by atoms with E-state index in [1.165, 1.54) is 6.92 Å². The van der Waals surface area contributed by atoms with E-state index in [-0.39, 0.29) is 17.9 Å². The van der Waals surface area contributed by atoms with Crippen LogP contribution in [0.1, 0.15) is 26.7 Å². The molecule has 0 aliphatic carbocycles. The van der Waals surface area contributed by atoms with Crippen molar-refractivity contribution in [3.63, 3.8) is 0 Å². The lowest BCUT2D eigenvalue weighted by molar-refractivity contribution is -0.144. The Morgan fingerprint density at radius 1 is 1.38 bits per heavy atom. The molecular formula is C11H20N2O3. The molecular weight excluding hydrogens is 208 g/mol. The molecule has 0 aromatic heterocycles. The van der Waals surface area contributed by atoms with E-state index in [4.69, 9.17) is 4.74 Å². The van der Waals surface area contributed by atoms with Gasteiger partial charge in [-0.1, -0.05) is 0 Å². The molecule has 0 bridgehead atoms. The maximum atomic E-state index is 11.2. The van der Waals surface area contributed by atoms with Gasteiger partial charge in [0.25, 0.3) is 0 Å². The van der Waals surface area contributed by atoms with Crippen molar-refractivity contribution < 1.29 is 14.3 Å². The van der Waals surface area contributed by atoms with Gasteiger partial charge in [0, 0.05) is 26.1 Å². The van der Waals surface area contributed by atoms with Crippen molar-refractivity contribution >= 4 is 11.9 Å². The molecule has 92 valence electrons. The van der Waals surface area contributed by atoms with Crippen molar-refractivity contribution in [1.29, 1.82) is 0 Å². The number of carbonyl (C=O) groups is 2. The first-order valence-electron chi connectivity index (χ1n) is 5.77. The molecule has 5 heteroatoms. The first-order chi connectivity index (χ1) is 7.61. The quantitative estimate of drug-likeness (QED) is 0.696. The zero-order valence-electron chi connectivity index (χ0n) is 9.99. The van der Waals surface area contributed by atoms with E-state index < -0.39 is 0 Å². The van der Waals surface area contributed by atoms with Crippen LogP contribution in [0.15, 0.2) is 0 Å². The van der Waals surface area contributed by atoms with Crippen LogP contribution in [-0.4, -0.2) is 49.1 Å². The Hall–Kier alpha value is -1.10. The predicted octanol–water partition coefficient (Wildman–Crippen LogP) is 0.150. The summed E-state index contributed by atoms with van der Waals surface area (Å²) in [5.74, 6) is -0.149. The summed E-state index contributed by atoms with van der Waals surface area (Å²) in [6, 6.07) is 0.260. The van der Waals surface area contributed by atoms with Gasteiger partial charge in [-0.3, -0.25) is 14.5 Å². The van der Waals surface area contributed by atoms with Gasteiger partial charge in [0.1, 0.15) is 0 Å². The molecule has 1 fully saturated rings. The fraction of sp³-hybridized carbons (Fsp3) is 0.818. The lowest BCUT2D eigenvalue weighted by Gasteiger charge is -2.31. The van der Waals surface area contributed by atoms with Crippen LogP contribution in [0.2, 0.25) is 0 Å². The van der Waals surface area contributed by atoms with E-state index in [0.717, 1.165) is 25.9 Å². The standard InChI is InChI=1S/C11H20N2O3/c1-3-16-11(15)8-13-6-4-10(5-7-13)12-9(2)14/h10H,3-8H2,1-2H3,(H,12,14). The SMILES string of the molecule is CCOC(=O)CN1CCC(NC(C)=O)CC1. The fourth-order valence-electron chi connectivity index (χ4n) is 1.91. The highest BCUT2D eigenvalue weighted by molar-refractivity contribution is 5.73. The molecule has 1 aliphatic heterocycles. The van der Waals surface area contributed by atoms with E-state index in [2.05, 4.69) is 10.2 Å². The van der Waals surface area contributed by atoms with Crippen LogP contribution in [0.5, 0.6) is 0 Å². The molecule has 0 atom stereocenters. The molecule has 1 rings (SSSR count). The number of amides is 1. The summed E-state index contributed by atoms with van der Waals surface area (Å²) in [7, 11) is 0. The maximum absolute atomic E-state index is 11.2. The second-order valence-electron chi connectivity index (χ2n) is 4.06. The molecule has 1 N–H and O–H groups in total. The Kier molecular flexibility index (Phi) is 5.25. The Morgan fingerprint density at radius 3 is 2.50 bits per heavy atom. The largest absolute Gasteiger partial charge is 0.465 e. The molecule has 0 radical (unpaired) electrons. The van der Waals surface area contributed by atoms with Gasteiger partial charge in [0.2, 0.25) is 5.91 Å². The highest BCUT2D eigenvalue weighted by Crippen LogP contribution is 2.09. The van der Waals surface area contributed by atoms with Crippen molar-refractivity contribution in [3.8, 4) is 0 Å². The third-order valence-electron chi connectivity index (χ3n) is 2.65. The zero-order chi connectivity index (χ0) is 12.0. The monoisotopic (exact) mass is 228 g/mol. The van der Waals surface area contributed by atoms with Gasteiger partial charge in [-0.05, 0) is 19.8 Å². The third-order valence-corrected chi connectivity index (χ3v) is 2.65. The van der Waals surface area contributed by atoms with Gasteiger partial charge in [0.15, 0.2) is 0 Å². The van der Waals surface area contributed by atoms with Crippen LogP contribution >= 0.6 is 0 Å². The van der Waals surface area contributed by atoms with Crippen molar-refractivity contribution in [2.45, 2.75) is 32.7 Å². The molecule has 0 spiro atoms. The van der Waals surface area contributed by atoms with Crippen LogP contribution in [0.4, 0.5) is 0 Å². The third kappa shape index (κ3) is 4.61. The minimum absolute atomic E-state index is 0.0174. The van der Waals surface area contributed by atoms with Crippen LogP contribution in [0.3, 0.4) is 0 Å². The molecule has 0 unspecified atom stereocenters. The normalized spacial score (nSPS) is 18.1. The summed E-state index contributed by atoms with van der Waals surface area (Å²) in [6.45, 7) is 5.81. The van der Waals surface area contributed by atoms with Crippen molar-refractivity contribution in [3.05, 3.63) is 0 Å². The number of nitrogens with zero attached hydrogens (tertiary/aromatic N) is 1. The maximum Gasteiger partial charge on any atom is 0.320 e. The van der Waals surface area contributed by atoms with E-state index >= 15 is 0 Å². The summed E-state index contributed by atoms with van der Waals surface area (Å²) in [6.07, 6.45) is 1.80. The van der Waals surface area contributed by atoms with E-state index in [0.29, 0.717) is 13.2 Å². The second-order valence-corrected chi connectivity index (χ2v) is 4.06. The van der Waals surface area contributed by atoms with Gasteiger partial charge in [0.05, 0.1) is 13.2 Å². The first kappa shape index (κ1) is 13.0. The molecule has 1 heterocycles. The van der Waals surface area contributed by atoms with E-state index in [1.807, 2.05) is 0 Å². The summed E-state index contributed by atoms with van der Waals surface area (Å²) in [5.41, 5.74) is 0. The summed E-state index contributed by atoms with van der Waals surface area (Å²) < 4.78 is 4.89. The number of ether oxygens (including phenoxy) is 1. The van der Waals surface area contributed by atoms with E-state index in [1.54, 1.807) is 6.92 Å². The Balaban J connectivity index is 2.21. The smallest absolute Gasteiger partial charge is 0.320 e. The summed E-state index contributed by atoms with van der Waals surface area (Å²) in [4.78, 5) is 24.2. The number of rotatable bonds is 4. The Morgan fingerprint density at radius 2 is 2.00 bits per heavy atom. The average Bonchev–Trinajstić information content (AvgIpc) is 2.20. The molecule has 0 saturated carbocycles. The van der Waals surface area contributed by atoms with Gasteiger partial charge in [-0.15, -0.1) is 0 Å². The minimum atomic E-state index is -0.166. The molecule has 0 aromatic carbocycles. The number of hydrogen-bond donors (Lipinski definition) is 1. The van der Waals surface area contributed by atoms with Gasteiger partial charge in [-0.2, -0.15) is 0 Å². The second kappa shape index (κ2) is 6.48. The zero-order valence-corrected chi connectivity index (χ0v) is 9.99. The van der Waals surface area contributed by atoms with Crippen molar-refractivity contribution in [1.82, 2.24) is 10.2 Å². The topological polar surface area (TPSA) is 58.6 Å². The minimum Gasteiger partial charge on any atom is -0.465 e. The van der Waals surface area contributed by atoms with Gasteiger partial charge in [-0.25, -0.2) is 0 Å². The molecule has 16 heavy (non-hydrogen) atoms. The molecule has 1 amide bonds. The number of carbonyl (C=O) groups excluding carboxylic acids is 2. The molecule has 1 aliphatic rings. The average molecular weight is 228 g/mol. The Bertz CT molecular complexity index is 248. The Labute approximate surface area is 96.1 Å². The van der Waals surface area contributed by atoms with Crippen LogP contribution < -0.4 is 5.32 Å². The van der Waals surface area contributed by atoms with Gasteiger partial charge < -0.3 is 10.1 Å². The molecule has 1 saturated heterocycles. The van der Waals surface area contributed by atoms with Crippen LogP contribution in [0.25, 0.3) is 0 Å². The number of piperidine rings is 1. The lowest BCUT2D eigenvalue weighted by Crippen LogP contribution is -2.45. The van der Waals surface area contributed by atoms with Crippen LogP contribution in [-0.2, 0) is 14.3 Å². The van der Waals surface area contributed by atoms with Crippen molar-refractivity contribution in [2.75, 3.05) is 26.2 Å². The first-order valence-corrected chi connectivity index (χ1v) is 5.77. The molecule has 0 aromatic rings. The number of esters is 1. The highest BCUT2D eigenvalue weighted by atomic mass is 16.5. The van der Waals surface area contributed by atoms with Crippen LogP contribution in [0, 0.1) is 0 Å². The van der Waals surface area contributed by atoms with Crippen molar-refractivity contribution in [2.24, 2.45) is 0 Å². The molecule has 5 nitrogen and oxygen atoms in total. The number of nitrogens with one attached hydrogen (secondary N) is 1. The fourth-order valence-corrected chi connectivity index (χ4v) is 1.91. The summed E-state index contributed by atoms with van der Waals surface area (Å²) >= 11 is 0. The van der Waals surface area contributed by atoms with E-state index in [9.17, 15) is 9.59 Å². The lowest BCUT2D eigenvalue weighted by atomic mass is 10.1. The highest BCUT2D eigenvalue weighted by Gasteiger charge is 2.21. The summed E-state index contributed by atoms with van der Waals surface area (Å²) in [5, 5.41) is 2.90. The number of likely N-dealkylation sites (tertiary alicyclic amines) is 1. The number of hydrogen-bond acceptors (Lipinski definition) is 4.